The molecule has 0 saturated heterocycles. The van der Waals surface area contributed by atoms with Gasteiger partial charge in [-0.05, 0) is 12.5 Å². The molecule has 0 saturated carbocycles. The van der Waals surface area contributed by atoms with Crippen molar-refractivity contribution in [2.45, 2.75) is 26.4 Å². The van der Waals surface area contributed by atoms with E-state index in [1.54, 1.807) is 6.08 Å². The molecular formula is C10H10F3NOS. The lowest BCUT2D eigenvalue weighted by molar-refractivity contribution is -0.137. The van der Waals surface area contributed by atoms with E-state index in [0.29, 0.717) is 17.8 Å². The maximum Gasteiger partial charge on any atom is 0.443 e. The molecular weight excluding hydrogens is 239 g/mol. The minimum Gasteiger partial charge on any atom is -0.293 e. The second-order valence-electron chi connectivity index (χ2n) is 3.10. The smallest absolute Gasteiger partial charge is 0.293 e. The summed E-state index contributed by atoms with van der Waals surface area (Å²) in [7, 11) is 0. The Balaban J connectivity index is 3.20. The summed E-state index contributed by atoms with van der Waals surface area (Å²) in [5.74, 6) is -0.456. The van der Waals surface area contributed by atoms with Gasteiger partial charge in [-0.1, -0.05) is 13.0 Å². The van der Waals surface area contributed by atoms with Gasteiger partial charge in [0.1, 0.15) is 5.69 Å². The Morgan fingerprint density at radius 2 is 2.12 bits per heavy atom. The quantitative estimate of drug-likeness (QED) is 0.763. The summed E-state index contributed by atoms with van der Waals surface area (Å²) in [6, 6.07) is 0. The van der Waals surface area contributed by atoms with Crippen LogP contribution in [0.2, 0.25) is 0 Å². The number of ketones is 1. The molecule has 0 spiro atoms. The number of nitrogens with zero attached hydrogens (tertiary/aromatic N) is 1. The fourth-order valence-electron chi connectivity index (χ4n) is 1.04. The molecule has 1 aromatic heterocycles. The predicted molar refractivity (Wildman–Crippen MR) is 56.4 cm³/mol. The molecule has 0 aromatic carbocycles. The van der Waals surface area contributed by atoms with Crippen molar-refractivity contribution in [1.82, 2.24) is 4.98 Å². The maximum absolute atomic E-state index is 12.4. The first kappa shape index (κ1) is 12.9. The van der Waals surface area contributed by atoms with Gasteiger partial charge in [-0.3, -0.25) is 4.79 Å². The van der Waals surface area contributed by atoms with Gasteiger partial charge in [0, 0.05) is 6.92 Å². The van der Waals surface area contributed by atoms with Crippen molar-refractivity contribution in [3.63, 3.8) is 0 Å². The average molecular weight is 249 g/mol. The molecule has 1 aromatic rings. The summed E-state index contributed by atoms with van der Waals surface area (Å²) >= 11 is 0.491. The standard InChI is InChI=1S/C10H10F3NOS/c1-3-4-5-7-8(6(2)15)14-9(16-7)10(11,12)13/h4-5H,3H2,1-2H3/b5-4+. The average Bonchev–Trinajstić information content (AvgIpc) is 2.57. The van der Waals surface area contributed by atoms with E-state index in [4.69, 9.17) is 0 Å². The summed E-state index contributed by atoms with van der Waals surface area (Å²) in [5.41, 5.74) is -0.109. The highest BCUT2D eigenvalue weighted by atomic mass is 32.1. The number of hydrogen-bond acceptors (Lipinski definition) is 3. The zero-order valence-corrected chi connectivity index (χ0v) is 9.58. The molecule has 0 amide bonds. The van der Waals surface area contributed by atoms with E-state index in [1.165, 1.54) is 13.0 Å². The van der Waals surface area contributed by atoms with E-state index in [-0.39, 0.29) is 10.6 Å². The number of hydrogen-bond donors (Lipinski definition) is 0. The van der Waals surface area contributed by atoms with Gasteiger partial charge in [0.2, 0.25) is 0 Å². The topological polar surface area (TPSA) is 30.0 Å². The Morgan fingerprint density at radius 3 is 2.56 bits per heavy atom. The fraction of sp³-hybridized carbons (Fsp3) is 0.400. The van der Waals surface area contributed by atoms with Crippen LogP contribution in [-0.4, -0.2) is 10.8 Å². The van der Waals surface area contributed by atoms with Crippen LogP contribution in [0.3, 0.4) is 0 Å². The largest absolute Gasteiger partial charge is 0.443 e. The minimum absolute atomic E-state index is 0.109. The van der Waals surface area contributed by atoms with Crippen LogP contribution in [0, 0.1) is 0 Å². The van der Waals surface area contributed by atoms with Gasteiger partial charge in [0.25, 0.3) is 0 Å². The van der Waals surface area contributed by atoms with Gasteiger partial charge in [-0.25, -0.2) is 4.98 Å². The van der Waals surface area contributed by atoms with Gasteiger partial charge >= 0.3 is 6.18 Å². The van der Waals surface area contributed by atoms with Gasteiger partial charge in [-0.2, -0.15) is 13.2 Å². The molecule has 0 aliphatic heterocycles. The van der Waals surface area contributed by atoms with Crippen molar-refractivity contribution >= 4 is 23.2 Å². The third kappa shape index (κ3) is 2.91. The molecule has 0 atom stereocenters. The van der Waals surface area contributed by atoms with Gasteiger partial charge < -0.3 is 0 Å². The molecule has 2 nitrogen and oxygen atoms in total. The zero-order valence-electron chi connectivity index (χ0n) is 8.76. The highest BCUT2D eigenvalue weighted by Crippen LogP contribution is 2.34. The summed E-state index contributed by atoms with van der Waals surface area (Å²) in [6.07, 6.45) is -0.604. The number of carbonyl (C=O) groups is 1. The second-order valence-corrected chi connectivity index (χ2v) is 4.13. The lowest BCUT2D eigenvalue weighted by Gasteiger charge is -1.98. The summed E-state index contributed by atoms with van der Waals surface area (Å²) < 4.78 is 37.1. The van der Waals surface area contributed by atoms with E-state index in [0.717, 1.165) is 0 Å². The third-order valence-electron chi connectivity index (χ3n) is 1.73. The van der Waals surface area contributed by atoms with Gasteiger partial charge in [0.15, 0.2) is 10.8 Å². The highest BCUT2D eigenvalue weighted by molar-refractivity contribution is 7.13. The van der Waals surface area contributed by atoms with E-state index in [2.05, 4.69) is 4.98 Å². The Morgan fingerprint density at radius 1 is 1.50 bits per heavy atom. The van der Waals surface area contributed by atoms with Crippen molar-refractivity contribution in [2.75, 3.05) is 0 Å². The number of thiazole rings is 1. The van der Waals surface area contributed by atoms with Crippen LogP contribution >= 0.6 is 11.3 Å². The SMILES string of the molecule is CC/C=C/c1sc(C(F)(F)F)nc1C(C)=O. The molecule has 0 fully saturated rings. The van der Waals surface area contributed by atoms with Crippen LogP contribution in [0.4, 0.5) is 13.2 Å². The summed E-state index contributed by atoms with van der Waals surface area (Å²) in [5, 5.41) is -0.978. The number of alkyl halides is 3. The highest BCUT2D eigenvalue weighted by Gasteiger charge is 2.36. The molecule has 6 heteroatoms. The molecule has 0 aliphatic rings. The fourth-order valence-corrected chi connectivity index (χ4v) is 1.95. The number of Topliss-reactive ketones (excluding diaryl/α,β-unsaturated/α-hetero) is 1. The maximum atomic E-state index is 12.4. The molecule has 16 heavy (non-hydrogen) atoms. The predicted octanol–water partition coefficient (Wildman–Crippen LogP) is 3.79. The molecule has 0 bridgehead atoms. The first-order valence-electron chi connectivity index (χ1n) is 4.61. The Labute approximate surface area is 94.8 Å². The zero-order chi connectivity index (χ0) is 12.3. The van der Waals surface area contributed by atoms with Crippen molar-refractivity contribution in [3.05, 3.63) is 21.7 Å². The van der Waals surface area contributed by atoms with Crippen LogP contribution in [0.15, 0.2) is 6.08 Å². The van der Waals surface area contributed by atoms with E-state index >= 15 is 0 Å². The van der Waals surface area contributed by atoms with Gasteiger partial charge in [0.05, 0.1) is 4.88 Å². The van der Waals surface area contributed by atoms with Crippen LogP contribution < -0.4 is 0 Å². The number of rotatable bonds is 3. The molecule has 0 N–H and O–H groups in total. The second kappa shape index (κ2) is 4.78. The van der Waals surface area contributed by atoms with Gasteiger partial charge in [-0.15, -0.1) is 11.3 Å². The van der Waals surface area contributed by atoms with Crippen LogP contribution in [-0.2, 0) is 6.18 Å². The van der Waals surface area contributed by atoms with Crippen molar-refractivity contribution in [3.8, 4) is 0 Å². The van der Waals surface area contributed by atoms with E-state index < -0.39 is 17.0 Å². The Hall–Kier alpha value is -1.17. The number of carbonyl (C=O) groups excluding carboxylic acids is 1. The monoisotopic (exact) mass is 249 g/mol. The summed E-state index contributed by atoms with van der Waals surface area (Å²) in [4.78, 5) is 14.7. The molecule has 0 unspecified atom stereocenters. The lowest BCUT2D eigenvalue weighted by atomic mass is 10.2. The Kier molecular flexibility index (Phi) is 3.85. The van der Waals surface area contributed by atoms with E-state index in [1.807, 2.05) is 6.92 Å². The van der Waals surface area contributed by atoms with Crippen LogP contribution in [0.25, 0.3) is 6.08 Å². The van der Waals surface area contributed by atoms with Crippen molar-refractivity contribution in [1.29, 1.82) is 0 Å². The lowest BCUT2D eigenvalue weighted by Crippen LogP contribution is -2.05. The first-order chi connectivity index (χ1) is 7.36. The number of aromatic nitrogens is 1. The number of allylic oxidation sites excluding steroid dienone is 1. The normalized spacial score (nSPS) is 12.3. The minimum atomic E-state index is -4.49. The van der Waals surface area contributed by atoms with Crippen LogP contribution in [0.5, 0.6) is 0 Å². The third-order valence-corrected chi connectivity index (χ3v) is 2.80. The first-order valence-corrected chi connectivity index (χ1v) is 5.43. The Bertz CT molecular complexity index is 420. The molecule has 0 radical (unpaired) electrons. The van der Waals surface area contributed by atoms with Crippen molar-refractivity contribution < 1.29 is 18.0 Å². The number of halogens is 3. The van der Waals surface area contributed by atoms with Crippen LogP contribution in [0.1, 0.15) is 40.6 Å². The molecule has 88 valence electrons. The molecule has 0 aliphatic carbocycles. The van der Waals surface area contributed by atoms with Crippen molar-refractivity contribution in [2.24, 2.45) is 0 Å². The summed E-state index contributed by atoms with van der Waals surface area (Å²) in [6.45, 7) is 3.06. The van der Waals surface area contributed by atoms with E-state index in [9.17, 15) is 18.0 Å². The molecule has 1 heterocycles. The molecule has 1 rings (SSSR count).